The Hall–Kier alpha value is -1.36. The first-order valence-electron chi connectivity index (χ1n) is 5.90. The summed E-state index contributed by atoms with van der Waals surface area (Å²) in [6.07, 6.45) is 0. The van der Waals surface area contributed by atoms with Gasteiger partial charge in [0.25, 0.3) is 5.91 Å². The molecule has 0 aromatic heterocycles. The third-order valence-corrected chi connectivity index (χ3v) is 3.15. The second kappa shape index (κ2) is 7.16. The van der Waals surface area contributed by atoms with Gasteiger partial charge in [-0.05, 0) is 38.1 Å². The third-order valence-electron chi connectivity index (χ3n) is 2.62. The number of hydrogen-bond donors (Lipinski definition) is 1. The minimum atomic E-state index is -0.233. The number of benzene rings is 1. The highest BCUT2D eigenvalue weighted by Gasteiger charge is 2.11. The van der Waals surface area contributed by atoms with Gasteiger partial charge in [0.1, 0.15) is 0 Å². The molecule has 0 atom stereocenters. The molecule has 0 bridgehead atoms. The molecule has 0 saturated carbocycles. The van der Waals surface area contributed by atoms with E-state index < -0.39 is 0 Å². The number of likely N-dealkylation sites (N-methyl/N-ethyl adjacent to an activating group) is 1. The van der Waals surface area contributed by atoms with Gasteiger partial charge < -0.3 is 10.2 Å². The molecule has 4 nitrogen and oxygen atoms in total. The van der Waals surface area contributed by atoms with E-state index in [1.165, 1.54) is 0 Å². The van der Waals surface area contributed by atoms with E-state index in [-0.39, 0.29) is 18.4 Å². The Balaban J connectivity index is 2.51. The van der Waals surface area contributed by atoms with Crippen LogP contribution in [0.15, 0.2) is 28.7 Å². The van der Waals surface area contributed by atoms with Crippen molar-refractivity contribution in [2.24, 2.45) is 0 Å². The largest absolute Gasteiger partial charge is 0.343 e. The van der Waals surface area contributed by atoms with E-state index in [1.807, 2.05) is 13.8 Å². The first-order valence-corrected chi connectivity index (χ1v) is 6.69. The van der Waals surface area contributed by atoms with Crippen LogP contribution in [0.2, 0.25) is 0 Å². The fraction of sp³-hybridized carbons (Fsp3) is 0.385. The predicted octanol–water partition coefficient (Wildman–Crippen LogP) is 2.05. The normalized spacial score (nSPS) is 9.94. The summed E-state index contributed by atoms with van der Waals surface area (Å²) in [5, 5.41) is 2.62. The van der Waals surface area contributed by atoms with Gasteiger partial charge in [0.05, 0.1) is 6.54 Å². The molecule has 98 valence electrons. The van der Waals surface area contributed by atoms with Gasteiger partial charge in [0.2, 0.25) is 5.91 Å². The van der Waals surface area contributed by atoms with Crippen molar-refractivity contribution in [2.45, 2.75) is 13.8 Å². The monoisotopic (exact) mass is 312 g/mol. The molecule has 0 aliphatic heterocycles. The van der Waals surface area contributed by atoms with Crippen molar-refractivity contribution in [3.8, 4) is 0 Å². The highest BCUT2D eigenvalue weighted by molar-refractivity contribution is 9.10. The highest BCUT2D eigenvalue weighted by atomic mass is 79.9. The summed E-state index contributed by atoms with van der Waals surface area (Å²) in [6.45, 7) is 5.18. The highest BCUT2D eigenvalue weighted by Crippen LogP contribution is 2.10. The Morgan fingerprint density at radius 2 is 1.72 bits per heavy atom. The zero-order valence-electron chi connectivity index (χ0n) is 10.6. The van der Waals surface area contributed by atoms with Crippen LogP contribution in [0, 0.1) is 0 Å². The molecule has 1 aromatic carbocycles. The van der Waals surface area contributed by atoms with Crippen LogP contribution in [0.3, 0.4) is 0 Å². The van der Waals surface area contributed by atoms with Crippen molar-refractivity contribution in [3.63, 3.8) is 0 Å². The lowest BCUT2D eigenvalue weighted by Gasteiger charge is -2.18. The summed E-state index contributed by atoms with van der Waals surface area (Å²) in [5.74, 6) is -0.298. The molecule has 0 aliphatic carbocycles. The molecule has 1 N–H and O–H groups in total. The summed E-state index contributed by atoms with van der Waals surface area (Å²) >= 11 is 3.30. The second-order valence-corrected chi connectivity index (χ2v) is 4.67. The molecule has 0 radical (unpaired) electrons. The molecular weight excluding hydrogens is 296 g/mol. The summed E-state index contributed by atoms with van der Waals surface area (Å²) in [7, 11) is 0. The fourth-order valence-corrected chi connectivity index (χ4v) is 1.81. The molecule has 1 rings (SSSR count). The molecule has 5 heteroatoms. The smallest absolute Gasteiger partial charge is 0.251 e. The van der Waals surface area contributed by atoms with Crippen LogP contribution >= 0.6 is 15.9 Å². The first kappa shape index (κ1) is 14.7. The predicted molar refractivity (Wildman–Crippen MR) is 74.4 cm³/mol. The molecule has 0 unspecified atom stereocenters. The number of amides is 2. The van der Waals surface area contributed by atoms with E-state index in [2.05, 4.69) is 21.2 Å². The Morgan fingerprint density at radius 1 is 1.17 bits per heavy atom. The van der Waals surface area contributed by atoms with E-state index in [0.717, 1.165) is 4.47 Å². The summed E-state index contributed by atoms with van der Waals surface area (Å²) in [5.41, 5.74) is 0.547. The summed E-state index contributed by atoms with van der Waals surface area (Å²) in [6, 6.07) is 7.00. The van der Waals surface area contributed by atoms with Crippen molar-refractivity contribution < 1.29 is 9.59 Å². The maximum absolute atomic E-state index is 11.8. The summed E-state index contributed by atoms with van der Waals surface area (Å²) < 4.78 is 0.915. The first-order chi connectivity index (χ1) is 8.58. The van der Waals surface area contributed by atoms with Gasteiger partial charge in [-0.3, -0.25) is 9.59 Å². The van der Waals surface area contributed by atoms with Crippen LogP contribution < -0.4 is 5.32 Å². The molecule has 1 aromatic rings. The van der Waals surface area contributed by atoms with Gasteiger partial charge in [-0.25, -0.2) is 0 Å². The van der Waals surface area contributed by atoms with E-state index in [4.69, 9.17) is 0 Å². The van der Waals surface area contributed by atoms with Crippen molar-refractivity contribution in [2.75, 3.05) is 19.6 Å². The number of carbonyl (C=O) groups excluding carboxylic acids is 2. The molecule has 2 amide bonds. The van der Waals surface area contributed by atoms with Crippen LogP contribution in [0.25, 0.3) is 0 Å². The quantitative estimate of drug-likeness (QED) is 0.904. The Bertz CT molecular complexity index is 414. The SMILES string of the molecule is CCN(CC)C(=O)CNC(=O)c1ccc(Br)cc1. The Morgan fingerprint density at radius 3 is 2.22 bits per heavy atom. The number of nitrogens with one attached hydrogen (secondary N) is 1. The molecule has 0 saturated heterocycles. The maximum atomic E-state index is 11.8. The average molecular weight is 313 g/mol. The number of halogens is 1. The van der Waals surface area contributed by atoms with E-state index in [0.29, 0.717) is 18.7 Å². The second-order valence-electron chi connectivity index (χ2n) is 3.76. The fourth-order valence-electron chi connectivity index (χ4n) is 1.55. The zero-order valence-corrected chi connectivity index (χ0v) is 12.2. The zero-order chi connectivity index (χ0) is 13.5. The number of hydrogen-bond acceptors (Lipinski definition) is 2. The third kappa shape index (κ3) is 4.14. The lowest BCUT2D eigenvalue weighted by atomic mass is 10.2. The van der Waals surface area contributed by atoms with Crippen molar-refractivity contribution in [3.05, 3.63) is 34.3 Å². The minimum Gasteiger partial charge on any atom is -0.343 e. The van der Waals surface area contributed by atoms with Crippen LogP contribution in [0.5, 0.6) is 0 Å². The number of nitrogens with zero attached hydrogens (tertiary/aromatic N) is 1. The van der Waals surface area contributed by atoms with Crippen molar-refractivity contribution >= 4 is 27.7 Å². The number of carbonyl (C=O) groups is 2. The van der Waals surface area contributed by atoms with Crippen molar-refractivity contribution in [1.29, 1.82) is 0 Å². The molecular formula is C13H17BrN2O2. The van der Waals surface area contributed by atoms with Gasteiger partial charge in [-0.1, -0.05) is 15.9 Å². The van der Waals surface area contributed by atoms with Crippen LogP contribution in [0.1, 0.15) is 24.2 Å². The van der Waals surface area contributed by atoms with Crippen molar-refractivity contribution in [1.82, 2.24) is 10.2 Å². The van der Waals surface area contributed by atoms with Crippen LogP contribution in [0.4, 0.5) is 0 Å². The number of rotatable bonds is 5. The van der Waals surface area contributed by atoms with Crippen LogP contribution in [-0.2, 0) is 4.79 Å². The molecule has 0 heterocycles. The Labute approximate surface area is 115 Å². The van der Waals surface area contributed by atoms with Gasteiger partial charge in [0.15, 0.2) is 0 Å². The standard InChI is InChI=1S/C13H17BrN2O2/c1-3-16(4-2)12(17)9-15-13(18)10-5-7-11(14)8-6-10/h5-8H,3-4,9H2,1-2H3,(H,15,18). The molecule has 0 fully saturated rings. The topological polar surface area (TPSA) is 49.4 Å². The van der Waals surface area contributed by atoms with Gasteiger partial charge in [-0.15, -0.1) is 0 Å². The van der Waals surface area contributed by atoms with E-state index in [9.17, 15) is 9.59 Å². The Kier molecular flexibility index (Phi) is 5.85. The average Bonchev–Trinajstić information content (AvgIpc) is 2.38. The van der Waals surface area contributed by atoms with E-state index >= 15 is 0 Å². The summed E-state index contributed by atoms with van der Waals surface area (Å²) in [4.78, 5) is 25.1. The van der Waals surface area contributed by atoms with Gasteiger partial charge in [-0.2, -0.15) is 0 Å². The lowest BCUT2D eigenvalue weighted by Crippen LogP contribution is -2.39. The van der Waals surface area contributed by atoms with E-state index in [1.54, 1.807) is 29.2 Å². The maximum Gasteiger partial charge on any atom is 0.251 e. The molecule has 18 heavy (non-hydrogen) atoms. The molecule has 0 spiro atoms. The van der Waals surface area contributed by atoms with Gasteiger partial charge in [0, 0.05) is 23.1 Å². The molecule has 0 aliphatic rings. The minimum absolute atomic E-state index is 0.0383. The van der Waals surface area contributed by atoms with Gasteiger partial charge >= 0.3 is 0 Å². The van der Waals surface area contributed by atoms with Crippen LogP contribution in [-0.4, -0.2) is 36.3 Å². The lowest BCUT2D eigenvalue weighted by molar-refractivity contribution is -0.129.